The van der Waals surface area contributed by atoms with Gasteiger partial charge >= 0.3 is 6.09 Å². The Labute approximate surface area is 86.4 Å². The third-order valence-electron chi connectivity index (χ3n) is 2.65. The molecule has 0 atom stereocenters. The van der Waals surface area contributed by atoms with E-state index in [4.69, 9.17) is 4.74 Å². The third-order valence-corrected chi connectivity index (χ3v) is 2.65. The molecule has 0 heterocycles. The van der Waals surface area contributed by atoms with Gasteiger partial charge in [-0.05, 0) is 32.6 Å². The number of carbonyl (C=O) groups excluding carboxylic acids is 1. The van der Waals surface area contributed by atoms with Crippen LogP contribution >= 0.6 is 0 Å². The Balaban J connectivity index is 2.25. The zero-order valence-electron chi connectivity index (χ0n) is 9.45. The molecule has 3 heteroatoms. The Kier molecular flexibility index (Phi) is 4.23. The van der Waals surface area contributed by atoms with Crippen molar-refractivity contribution >= 4 is 6.09 Å². The maximum atomic E-state index is 11.4. The molecule has 0 aliphatic heterocycles. The molecule has 0 spiro atoms. The second kappa shape index (κ2) is 5.23. The maximum absolute atomic E-state index is 11.4. The van der Waals surface area contributed by atoms with E-state index >= 15 is 0 Å². The van der Waals surface area contributed by atoms with Crippen molar-refractivity contribution in [3.8, 4) is 0 Å². The molecule has 0 aromatic carbocycles. The molecular weight excluding hydrogens is 178 g/mol. The molecule has 1 saturated carbocycles. The first kappa shape index (κ1) is 11.3. The highest BCUT2D eigenvalue weighted by molar-refractivity contribution is 5.67. The van der Waals surface area contributed by atoms with E-state index in [1.165, 1.54) is 25.7 Å². The van der Waals surface area contributed by atoms with E-state index in [0.717, 1.165) is 6.54 Å². The van der Waals surface area contributed by atoms with Crippen LogP contribution in [0, 0.1) is 5.92 Å². The van der Waals surface area contributed by atoms with E-state index in [0.29, 0.717) is 5.92 Å². The second-order valence-electron chi connectivity index (χ2n) is 4.46. The standard InChI is InChI=1S/C11H21NO2/c1-9(2)14-11(13)12(3)8-10-6-4-5-7-10/h9-10H,4-8H2,1-3H3. The lowest BCUT2D eigenvalue weighted by molar-refractivity contribution is 0.0800. The van der Waals surface area contributed by atoms with Crippen molar-refractivity contribution in [1.82, 2.24) is 4.90 Å². The number of hydrogen-bond donors (Lipinski definition) is 0. The minimum Gasteiger partial charge on any atom is -0.447 e. The second-order valence-corrected chi connectivity index (χ2v) is 4.46. The Morgan fingerprint density at radius 3 is 2.50 bits per heavy atom. The van der Waals surface area contributed by atoms with Crippen LogP contribution in [0.1, 0.15) is 39.5 Å². The van der Waals surface area contributed by atoms with Gasteiger partial charge in [-0.15, -0.1) is 0 Å². The minimum atomic E-state index is -0.188. The Morgan fingerprint density at radius 2 is 2.00 bits per heavy atom. The van der Waals surface area contributed by atoms with Gasteiger partial charge in [0, 0.05) is 13.6 Å². The van der Waals surface area contributed by atoms with Crippen LogP contribution < -0.4 is 0 Å². The molecule has 0 unspecified atom stereocenters. The average molecular weight is 199 g/mol. The zero-order valence-corrected chi connectivity index (χ0v) is 9.45. The molecule has 82 valence electrons. The summed E-state index contributed by atoms with van der Waals surface area (Å²) in [6.45, 7) is 4.61. The molecular formula is C11H21NO2. The smallest absolute Gasteiger partial charge is 0.409 e. The number of carbonyl (C=O) groups is 1. The van der Waals surface area contributed by atoms with E-state index in [9.17, 15) is 4.79 Å². The van der Waals surface area contributed by atoms with Crippen molar-refractivity contribution in [2.45, 2.75) is 45.6 Å². The van der Waals surface area contributed by atoms with Crippen LogP contribution in [0.3, 0.4) is 0 Å². The summed E-state index contributed by atoms with van der Waals surface area (Å²) in [6.07, 6.45) is 4.95. The highest BCUT2D eigenvalue weighted by Gasteiger charge is 2.20. The van der Waals surface area contributed by atoms with Gasteiger partial charge in [0.15, 0.2) is 0 Å². The van der Waals surface area contributed by atoms with Gasteiger partial charge in [-0.3, -0.25) is 0 Å². The summed E-state index contributed by atoms with van der Waals surface area (Å²) in [5.74, 6) is 0.694. The molecule has 1 aliphatic rings. The minimum absolute atomic E-state index is 0.0199. The number of ether oxygens (including phenoxy) is 1. The first-order valence-corrected chi connectivity index (χ1v) is 5.51. The summed E-state index contributed by atoms with van der Waals surface area (Å²) in [4.78, 5) is 13.1. The van der Waals surface area contributed by atoms with Crippen LogP contribution in [0.2, 0.25) is 0 Å². The molecule has 0 radical (unpaired) electrons. The van der Waals surface area contributed by atoms with Crippen LogP contribution in [0.15, 0.2) is 0 Å². The lowest BCUT2D eigenvalue weighted by atomic mass is 10.1. The molecule has 0 aromatic rings. The van der Waals surface area contributed by atoms with Crippen molar-refractivity contribution in [3.63, 3.8) is 0 Å². The number of rotatable bonds is 3. The first-order valence-electron chi connectivity index (χ1n) is 5.51. The van der Waals surface area contributed by atoms with Crippen LogP contribution in [0.5, 0.6) is 0 Å². The Bertz CT molecular complexity index is 186. The van der Waals surface area contributed by atoms with Gasteiger partial charge < -0.3 is 9.64 Å². The molecule has 1 rings (SSSR count). The van der Waals surface area contributed by atoms with Gasteiger partial charge in [-0.25, -0.2) is 4.79 Å². The number of hydrogen-bond acceptors (Lipinski definition) is 2. The molecule has 0 aromatic heterocycles. The van der Waals surface area contributed by atoms with Crippen molar-refractivity contribution in [2.24, 2.45) is 5.92 Å². The maximum Gasteiger partial charge on any atom is 0.409 e. The Hall–Kier alpha value is -0.730. The van der Waals surface area contributed by atoms with E-state index in [1.807, 2.05) is 20.9 Å². The molecule has 0 N–H and O–H groups in total. The fraction of sp³-hybridized carbons (Fsp3) is 0.909. The lowest BCUT2D eigenvalue weighted by Crippen LogP contribution is -2.33. The highest BCUT2D eigenvalue weighted by Crippen LogP contribution is 2.25. The first-order chi connectivity index (χ1) is 6.59. The predicted octanol–water partition coefficient (Wildman–Crippen LogP) is 2.65. The lowest BCUT2D eigenvalue weighted by Gasteiger charge is -2.21. The van der Waals surface area contributed by atoms with Crippen LogP contribution in [-0.2, 0) is 4.74 Å². The van der Waals surface area contributed by atoms with Gasteiger partial charge in [0.1, 0.15) is 0 Å². The topological polar surface area (TPSA) is 29.5 Å². The summed E-state index contributed by atoms with van der Waals surface area (Å²) in [5.41, 5.74) is 0. The molecule has 3 nitrogen and oxygen atoms in total. The molecule has 0 saturated heterocycles. The molecule has 14 heavy (non-hydrogen) atoms. The van der Waals surface area contributed by atoms with Crippen molar-refractivity contribution in [3.05, 3.63) is 0 Å². The normalized spacial score (nSPS) is 17.4. The summed E-state index contributed by atoms with van der Waals surface area (Å²) in [7, 11) is 1.82. The molecule has 1 aliphatic carbocycles. The van der Waals surface area contributed by atoms with E-state index in [-0.39, 0.29) is 12.2 Å². The summed E-state index contributed by atoms with van der Waals surface area (Å²) >= 11 is 0. The molecule has 1 amide bonds. The largest absolute Gasteiger partial charge is 0.447 e. The fourth-order valence-corrected chi connectivity index (χ4v) is 1.95. The Morgan fingerprint density at radius 1 is 1.43 bits per heavy atom. The summed E-state index contributed by atoms with van der Waals surface area (Å²) < 4.78 is 5.11. The van der Waals surface area contributed by atoms with Gasteiger partial charge in [0.05, 0.1) is 6.10 Å². The van der Waals surface area contributed by atoms with Gasteiger partial charge in [-0.1, -0.05) is 12.8 Å². The van der Waals surface area contributed by atoms with Crippen molar-refractivity contribution in [1.29, 1.82) is 0 Å². The highest BCUT2D eigenvalue weighted by atomic mass is 16.6. The SMILES string of the molecule is CC(C)OC(=O)N(C)CC1CCCC1. The predicted molar refractivity (Wildman–Crippen MR) is 56.2 cm³/mol. The van der Waals surface area contributed by atoms with E-state index < -0.39 is 0 Å². The van der Waals surface area contributed by atoms with Crippen LogP contribution in [0.4, 0.5) is 4.79 Å². The number of nitrogens with zero attached hydrogens (tertiary/aromatic N) is 1. The van der Waals surface area contributed by atoms with Crippen LogP contribution in [-0.4, -0.2) is 30.7 Å². The van der Waals surface area contributed by atoms with Crippen molar-refractivity contribution < 1.29 is 9.53 Å². The van der Waals surface area contributed by atoms with Crippen molar-refractivity contribution in [2.75, 3.05) is 13.6 Å². The molecule has 0 bridgehead atoms. The van der Waals surface area contributed by atoms with E-state index in [1.54, 1.807) is 4.90 Å². The summed E-state index contributed by atoms with van der Waals surface area (Å²) in [6, 6.07) is 0. The van der Waals surface area contributed by atoms with E-state index in [2.05, 4.69) is 0 Å². The number of amides is 1. The monoisotopic (exact) mass is 199 g/mol. The van der Waals surface area contributed by atoms with Gasteiger partial charge in [0.2, 0.25) is 0 Å². The molecule has 1 fully saturated rings. The summed E-state index contributed by atoms with van der Waals surface area (Å²) in [5, 5.41) is 0. The zero-order chi connectivity index (χ0) is 10.6. The quantitative estimate of drug-likeness (QED) is 0.699. The fourth-order valence-electron chi connectivity index (χ4n) is 1.95. The van der Waals surface area contributed by atoms with Gasteiger partial charge in [-0.2, -0.15) is 0 Å². The van der Waals surface area contributed by atoms with Crippen LogP contribution in [0.25, 0.3) is 0 Å². The van der Waals surface area contributed by atoms with Gasteiger partial charge in [0.25, 0.3) is 0 Å². The average Bonchev–Trinajstić information content (AvgIpc) is 2.55. The third kappa shape index (κ3) is 3.56.